The van der Waals surface area contributed by atoms with Gasteiger partial charge in [0.05, 0.1) is 12.3 Å². The Balaban J connectivity index is 2.13. The molecule has 0 aliphatic heterocycles. The molecule has 0 aliphatic carbocycles. The summed E-state index contributed by atoms with van der Waals surface area (Å²) in [6.07, 6.45) is 6.25. The highest BCUT2D eigenvalue weighted by molar-refractivity contribution is 9.10. The summed E-state index contributed by atoms with van der Waals surface area (Å²) in [5, 5.41) is 3.42. The van der Waals surface area contributed by atoms with Crippen LogP contribution in [0.3, 0.4) is 0 Å². The molecule has 0 spiro atoms. The van der Waals surface area contributed by atoms with Crippen molar-refractivity contribution in [3.05, 3.63) is 52.7 Å². The predicted molar refractivity (Wildman–Crippen MR) is 70.8 cm³/mol. The van der Waals surface area contributed by atoms with Crippen LogP contribution in [0.2, 0.25) is 0 Å². The number of pyridine rings is 1. The fourth-order valence-electron chi connectivity index (χ4n) is 1.81. The molecule has 2 heterocycles. The minimum atomic E-state index is 0.200. The fourth-order valence-corrected chi connectivity index (χ4v) is 2.22. The fraction of sp³-hybridized carbons (Fsp3) is 0.308. The van der Waals surface area contributed by atoms with Gasteiger partial charge in [0.25, 0.3) is 0 Å². The first-order valence-corrected chi connectivity index (χ1v) is 6.45. The third-order valence-electron chi connectivity index (χ3n) is 2.54. The number of aromatic nitrogens is 1. The Kier molecular flexibility index (Phi) is 4.34. The maximum atomic E-state index is 5.46. The summed E-state index contributed by atoms with van der Waals surface area (Å²) in [5.74, 6) is 0.965. The van der Waals surface area contributed by atoms with Crippen molar-refractivity contribution in [2.24, 2.45) is 0 Å². The Morgan fingerprint density at radius 1 is 1.47 bits per heavy atom. The van der Waals surface area contributed by atoms with Crippen LogP contribution in [0.15, 0.2) is 45.7 Å². The van der Waals surface area contributed by atoms with Crippen molar-refractivity contribution in [3.63, 3.8) is 0 Å². The van der Waals surface area contributed by atoms with Crippen LogP contribution in [0.4, 0.5) is 0 Å². The summed E-state index contributed by atoms with van der Waals surface area (Å²) in [5.41, 5.74) is 1.18. The molecule has 90 valence electrons. The third kappa shape index (κ3) is 3.41. The zero-order valence-corrected chi connectivity index (χ0v) is 11.3. The van der Waals surface area contributed by atoms with Gasteiger partial charge in [0.15, 0.2) is 0 Å². The lowest BCUT2D eigenvalue weighted by atomic mass is 10.1. The quantitative estimate of drug-likeness (QED) is 0.919. The van der Waals surface area contributed by atoms with Gasteiger partial charge in [0, 0.05) is 16.9 Å². The zero-order valence-electron chi connectivity index (χ0n) is 9.69. The molecule has 0 saturated heterocycles. The Morgan fingerprint density at radius 2 is 2.35 bits per heavy atom. The Bertz CT molecular complexity index is 456. The van der Waals surface area contributed by atoms with Gasteiger partial charge in [-0.1, -0.05) is 6.92 Å². The molecule has 0 radical (unpaired) electrons. The summed E-state index contributed by atoms with van der Waals surface area (Å²) in [6.45, 7) is 3.00. The van der Waals surface area contributed by atoms with E-state index in [9.17, 15) is 0 Å². The van der Waals surface area contributed by atoms with E-state index < -0.39 is 0 Å². The second-order valence-electron chi connectivity index (χ2n) is 3.84. The number of hydrogen-bond donors (Lipinski definition) is 1. The maximum absolute atomic E-state index is 5.46. The molecule has 0 saturated carbocycles. The number of rotatable bonds is 5. The van der Waals surface area contributed by atoms with Gasteiger partial charge in [-0.05, 0) is 52.7 Å². The second-order valence-corrected chi connectivity index (χ2v) is 4.76. The van der Waals surface area contributed by atoms with E-state index in [1.165, 1.54) is 5.56 Å². The Hall–Kier alpha value is -1.13. The van der Waals surface area contributed by atoms with Crippen molar-refractivity contribution in [1.29, 1.82) is 0 Å². The SMILES string of the molecule is CCNC(Cc1cncc(Br)c1)c1ccco1. The number of hydrogen-bond acceptors (Lipinski definition) is 3. The molecular weight excluding hydrogens is 280 g/mol. The monoisotopic (exact) mass is 294 g/mol. The van der Waals surface area contributed by atoms with Crippen LogP contribution in [-0.4, -0.2) is 11.5 Å². The first-order valence-electron chi connectivity index (χ1n) is 5.66. The molecule has 1 atom stereocenters. The standard InChI is InChI=1S/C13H15BrN2O/c1-2-16-12(13-4-3-5-17-13)7-10-6-11(14)9-15-8-10/h3-6,8-9,12,16H,2,7H2,1H3. The first-order chi connectivity index (χ1) is 8.29. The average molecular weight is 295 g/mol. The van der Waals surface area contributed by atoms with Crippen molar-refractivity contribution < 1.29 is 4.42 Å². The smallest absolute Gasteiger partial charge is 0.121 e. The lowest BCUT2D eigenvalue weighted by Crippen LogP contribution is -2.22. The van der Waals surface area contributed by atoms with E-state index in [0.29, 0.717) is 0 Å². The Morgan fingerprint density at radius 3 is 3.00 bits per heavy atom. The van der Waals surface area contributed by atoms with Crippen LogP contribution in [0.5, 0.6) is 0 Å². The van der Waals surface area contributed by atoms with Crippen LogP contribution in [0.1, 0.15) is 24.3 Å². The zero-order chi connectivity index (χ0) is 12.1. The molecule has 0 aromatic carbocycles. The summed E-state index contributed by atoms with van der Waals surface area (Å²) >= 11 is 3.43. The largest absolute Gasteiger partial charge is 0.468 e. The number of nitrogens with zero attached hydrogens (tertiary/aromatic N) is 1. The van der Waals surface area contributed by atoms with Crippen molar-refractivity contribution in [3.8, 4) is 0 Å². The molecule has 2 aromatic heterocycles. The van der Waals surface area contributed by atoms with Gasteiger partial charge < -0.3 is 9.73 Å². The van der Waals surface area contributed by atoms with Gasteiger partial charge in [-0.2, -0.15) is 0 Å². The number of likely N-dealkylation sites (N-methyl/N-ethyl adjacent to an activating group) is 1. The van der Waals surface area contributed by atoms with Gasteiger partial charge in [0.1, 0.15) is 5.76 Å². The van der Waals surface area contributed by atoms with Crippen molar-refractivity contribution >= 4 is 15.9 Å². The van der Waals surface area contributed by atoms with Crippen LogP contribution in [-0.2, 0) is 6.42 Å². The third-order valence-corrected chi connectivity index (χ3v) is 2.97. The topological polar surface area (TPSA) is 38.1 Å². The van der Waals surface area contributed by atoms with Crippen molar-refractivity contribution in [1.82, 2.24) is 10.3 Å². The van der Waals surface area contributed by atoms with Gasteiger partial charge in [-0.25, -0.2) is 0 Å². The van der Waals surface area contributed by atoms with E-state index in [4.69, 9.17) is 4.42 Å². The van der Waals surface area contributed by atoms with Gasteiger partial charge in [0.2, 0.25) is 0 Å². The Labute approximate surface area is 109 Å². The lowest BCUT2D eigenvalue weighted by Gasteiger charge is -2.15. The van der Waals surface area contributed by atoms with E-state index in [0.717, 1.165) is 23.2 Å². The average Bonchev–Trinajstić information content (AvgIpc) is 2.82. The molecule has 2 aromatic rings. The highest BCUT2D eigenvalue weighted by atomic mass is 79.9. The maximum Gasteiger partial charge on any atom is 0.121 e. The summed E-state index contributed by atoms with van der Waals surface area (Å²) in [7, 11) is 0. The normalized spacial score (nSPS) is 12.6. The lowest BCUT2D eigenvalue weighted by molar-refractivity contribution is 0.416. The van der Waals surface area contributed by atoms with E-state index in [2.05, 4.69) is 39.2 Å². The second kappa shape index (κ2) is 5.98. The van der Waals surface area contributed by atoms with Crippen LogP contribution < -0.4 is 5.32 Å². The van der Waals surface area contributed by atoms with E-state index in [-0.39, 0.29) is 6.04 Å². The minimum absolute atomic E-state index is 0.200. The molecule has 0 fully saturated rings. The molecule has 2 rings (SSSR count). The summed E-state index contributed by atoms with van der Waals surface area (Å²) in [4.78, 5) is 4.17. The molecule has 3 nitrogen and oxygen atoms in total. The van der Waals surface area contributed by atoms with Crippen molar-refractivity contribution in [2.45, 2.75) is 19.4 Å². The molecular formula is C13H15BrN2O. The van der Waals surface area contributed by atoms with E-state index >= 15 is 0 Å². The molecule has 17 heavy (non-hydrogen) atoms. The van der Waals surface area contributed by atoms with Crippen LogP contribution in [0.25, 0.3) is 0 Å². The number of furan rings is 1. The van der Waals surface area contributed by atoms with Crippen LogP contribution >= 0.6 is 15.9 Å². The molecule has 0 aliphatic rings. The number of halogens is 1. The molecule has 0 amide bonds. The molecule has 4 heteroatoms. The van der Waals surface area contributed by atoms with E-state index in [1.807, 2.05) is 18.3 Å². The van der Waals surface area contributed by atoms with Crippen LogP contribution in [0, 0.1) is 0 Å². The predicted octanol–water partition coefficient (Wildman–Crippen LogP) is 3.33. The van der Waals surface area contributed by atoms with Gasteiger partial charge >= 0.3 is 0 Å². The highest BCUT2D eigenvalue weighted by Gasteiger charge is 2.13. The first kappa shape index (κ1) is 12.3. The van der Waals surface area contributed by atoms with E-state index in [1.54, 1.807) is 12.5 Å². The van der Waals surface area contributed by atoms with Gasteiger partial charge in [-0.3, -0.25) is 4.98 Å². The molecule has 1 N–H and O–H groups in total. The highest BCUT2D eigenvalue weighted by Crippen LogP contribution is 2.20. The molecule has 0 bridgehead atoms. The van der Waals surface area contributed by atoms with Crippen molar-refractivity contribution in [2.75, 3.05) is 6.54 Å². The number of nitrogens with one attached hydrogen (secondary N) is 1. The van der Waals surface area contributed by atoms with Gasteiger partial charge in [-0.15, -0.1) is 0 Å². The summed E-state index contributed by atoms with van der Waals surface area (Å²) < 4.78 is 6.46. The molecule has 1 unspecified atom stereocenters. The summed E-state index contributed by atoms with van der Waals surface area (Å²) in [6, 6.07) is 6.20. The minimum Gasteiger partial charge on any atom is -0.468 e.